The molecule has 0 aliphatic rings. The summed E-state index contributed by atoms with van der Waals surface area (Å²) in [5.74, 6) is -1.09. The Morgan fingerprint density at radius 1 is 1.42 bits per heavy atom. The second-order valence-corrected chi connectivity index (χ2v) is 2.59. The summed E-state index contributed by atoms with van der Waals surface area (Å²) in [4.78, 5) is 0. The molecular weight excluding hydrogens is 162 g/mol. The van der Waals surface area contributed by atoms with Gasteiger partial charge in [0, 0.05) is 5.56 Å². The van der Waals surface area contributed by atoms with Gasteiger partial charge < -0.3 is 5.11 Å². The third kappa shape index (κ3) is 1.80. The normalized spacial score (nSPS) is 13.0. The van der Waals surface area contributed by atoms with Gasteiger partial charge in [0.15, 0.2) is 0 Å². The Balaban J connectivity index is 3.04. The largest absolute Gasteiger partial charge is 0.388 e. The molecule has 66 valence electrons. The Bertz CT molecular complexity index is 273. The molecule has 0 spiro atoms. The summed E-state index contributed by atoms with van der Waals surface area (Å²) in [5.41, 5.74) is 0.0255. The highest BCUT2D eigenvalue weighted by atomic mass is 19.1. The van der Waals surface area contributed by atoms with Crippen molar-refractivity contribution in [1.82, 2.24) is 0 Å². The van der Waals surface area contributed by atoms with Crippen molar-refractivity contribution in [2.45, 2.75) is 19.4 Å². The van der Waals surface area contributed by atoms with E-state index in [1.54, 1.807) is 6.92 Å². The maximum Gasteiger partial charge on any atom is 0.129 e. The Morgan fingerprint density at radius 2 is 2.08 bits per heavy atom. The molecule has 0 aliphatic carbocycles. The molecule has 0 aromatic heterocycles. The summed E-state index contributed by atoms with van der Waals surface area (Å²) in [6, 6.07) is 3.06. The van der Waals surface area contributed by atoms with Crippen LogP contribution in [0, 0.1) is 11.6 Å². The number of aliphatic hydroxyl groups excluding tert-OH is 1. The lowest BCUT2D eigenvalue weighted by molar-refractivity contribution is 0.168. The standard InChI is InChI=1S/C9H10F2O/c1-2-9(12)7-5-6(10)3-4-8(7)11/h3-5,9,12H,2H2,1H3. The van der Waals surface area contributed by atoms with Gasteiger partial charge in [-0.25, -0.2) is 8.78 Å². The van der Waals surface area contributed by atoms with Crippen LogP contribution in [-0.2, 0) is 0 Å². The number of benzene rings is 1. The third-order valence-corrected chi connectivity index (χ3v) is 1.70. The van der Waals surface area contributed by atoms with Gasteiger partial charge in [0.05, 0.1) is 6.10 Å². The van der Waals surface area contributed by atoms with Gasteiger partial charge in [-0.1, -0.05) is 6.92 Å². The smallest absolute Gasteiger partial charge is 0.129 e. The minimum atomic E-state index is -0.916. The van der Waals surface area contributed by atoms with E-state index in [4.69, 9.17) is 0 Å². The van der Waals surface area contributed by atoms with Crippen LogP contribution >= 0.6 is 0 Å². The Morgan fingerprint density at radius 3 is 2.67 bits per heavy atom. The number of aliphatic hydroxyl groups is 1. The fraction of sp³-hybridized carbons (Fsp3) is 0.333. The fourth-order valence-corrected chi connectivity index (χ4v) is 0.990. The van der Waals surface area contributed by atoms with Crippen LogP contribution in [0.5, 0.6) is 0 Å². The molecule has 12 heavy (non-hydrogen) atoms. The van der Waals surface area contributed by atoms with E-state index in [0.717, 1.165) is 18.2 Å². The summed E-state index contributed by atoms with van der Waals surface area (Å²) in [6.07, 6.45) is -0.541. The summed E-state index contributed by atoms with van der Waals surface area (Å²) < 4.78 is 25.4. The monoisotopic (exact) mass is 172 g/mol. The molecule has 0 radical (unpaired) electrons. The molecule has 0 saturated carbocycles. The van der Waals surface area contributed by atoms with Crippen molar-refractivity contribution in [2.24, 2.45) is 0 Å². The highest BCUT2D eigenvalue weighted by Crippen LogP contribution is 2.20. The van der Waals surface area contributed by atoms with Crippen LogP contribution in [0.2, 0.25) is 0 Å². The zero-order valence-electron chi connectivity index (χ0n) is 6.72. The molecule has 1 aromatic rings. The van der Waals surface area contributed by atoms with E-state index in [9.17, 15) is 13.9 Å². The maximum absolute atomic E-state index is 12.9. The molecule has 0 saturated heterocycles. The Hall–Kier alpha value is -0.960. The molecule has 0 heterocycles. The van der Waals surface area contributed by atoms with Crippen LogP contribution in [0.3, 0.4) is 0 Å². The second kappa shape index (κ2) is 3.63. The first kappa shape index (κ1) is 9.13. The van der Waals surface area contributed by atoms with Crippen molar-refractivity contribution in [2.75, 3.05) is 0 Å². The molecule has 1 nitrogen and oxygen atoms in total. The average molecular weight is 172 g/mol. The lowest BCUT2D eigenvalue weighted by atomic mass is 10.1. The first-order chi connectivity index (χ1) is 5.65. The van der Waals surface area contributed by atoms with Crippen molar-refractivity contribution in [1.29, 1.82) is 0 Å². The minimum absolute atomic E-state index is 0.0255. The molecule has 1 rings (SSSR count). The lowest BCUT2D eigenvalue weighted by Gasteiger charge is -2.08. The highest BCUT2D eigenvalue weighted by Gasteiger charge is 2.10. The van der Waals surface area contributed by atoms with Gasteiger partial charge in [-0.3, -0.25) is 0 Å². The Kier molecular flexibility index (Phi) is 2.76. The molecule has 1 aromatic carbocycles. The minimum Gasteiger partial charge on any atom is -0.388 e. The van der Waals surface area contributed by atoms with Crippen LogP contribution in [0.25, 0.3) is 0 Å². The fourth-order valence-electron chi connectivity index (χ4n) is 0.990. The number of hydrogen-bond acceptors (Lipinski definition) is 1. The zero-order valence-corrected chi connectivity index (χ0v) is 6.72. The summed E-state index contributed by atoms with van der Waals surface area (Å²) >= 11 is 0. The topological polar surface area (TPSA) is 20.2 Å². The van der Waals surface area contributed by atoms with E-state index in [-0.39, 0.29) is 5.56 Å². The first-order valence-electron chi connectivity index (χ1n) is 3.78. The lowest BCUT2D eigenvalue weighted by Crippen LogP contribution is -1.99. The van der Waals surface area contributed by atoms with Crippen LogP contribution in [-0.4, -0.2) is 5.11 Å². The molecule has 0 bridgehead atoms. The van der Waals surface area contributed by atoms with Gasteiger partial charge in [-0.15, -0.1) is 0 Å². The van der Waals surface area contributed by atoms with Gasteiger partial charge in [0.2, 0.25) is 0 Å². The van der Waals surface area contributed by atoms with Gasteiger partial charge >= 0.3 is 0 Å². The van der Waals surface area contributed by atoms with Crippen molar-refractivity contribution >= 4 is 0 Å². The molecule has 3 heteroatoms. The van der Waals surface area contributed by atoms with Gasteiger partial charge in [-0.05, 0) is 24.6 Å². The predicted molar refractivity (Wildman–Crippen MR) is 41.6 cm³/mol. The van der Waals surface area contributed by atoms with Crippen molar-refractivity contribution in [3.63, 3.8) is 0 Å². The van der Waals surface area contributed by atoms with Crippen molar-refractivity contribution in [3.05, 3.63) is 35.4 Å². The van der Waals surface area contributed by atoms with Crippen molar-refractivity contribution < 1.29 is 13.9 Å². The first-order valence-corrected chi connectivity index (χ1v) is 3.78. The quantitative estimate of drug-likeness (QED) is 0.726. The number of hydrogen-bond donors (Lipinski definition) is 1. The van der Waals surface area contributed by atoms with E-state index in [2.05, 4.69) is 0 Å². The molecule has 1 unspecified atom stereocenters. The summed E-state index contributed by atoms with van der Waals surface area (Å²) in [5, 5.41) is 9.23. The molecule has 1 N–H and O–H groups in total. The highest BCUT2D eigenvalue weighted by molar-refractivity contribution is 5.20. The van der Waals surface area contributed by atoms with E-state index in [1.807, 2.05) is 0 Å². The van der Waals surface area contributed by atoms with Crippen molar-refractivity contribution in [3.8, 4) is 0 Å². The van der Waals surface area contributed by atoms with E-state index < -0.39 is 17.7 Å². The van der Waals surface area contributed by atoms with Gasteiger partial charge in [0.1, 0.15) is 11.6 Å². The maximum atomic E-state index is 12.9. The average Bonchev–Trinajstić information content (AvgIpc) is 2.08. The van der Waals surface area contributed by atoms with E-state index >= 15 is 0 Å². The van der Waals surface area contributed by atoms with E-state index in [0.29, 0.717) is 6.42 Å². The van der Waals surface area contributed by atoms with Gasteiger partial charge in [0.25, 0.3) is 0 Å². The van der Waals surface area contributed by atoms with E-state index in [1.165, 1.54) is 0 Å². The van der Waals surface area contributed by atoms with Crippen LogP contribution in [0.1, 0.15) is 25.0 Å². The molecule has 0 aliphatic heterocycles. The third-order valence-electron chi connectivity index (χ3n) is 1.70. The molecule has 0 fully saturated rings. The Labute approximate surface area is 69.7 Å². The van der Waals surface area contributed by atoms with Gasteiger partial charge in [-0.2, -0.15) is 0 Å². The van der Waals surface area contributed by atoms with Crippen LogP contribution in [0.15, 0.2) is 18.2 Å². The molecule has 1 atom stereocenters. The van der Waals surface area contributed by atoms with Crippen LogP contribution in [0.4, 0.5) is 8.78 Å². The molecule has 0 amide bonds. The zero-order chi connectivity index (χ0) is 9.14. The predicted octanol–water partition coefficient (Wildman–Crippen LogP) is 2.41. The number of halogens is 2. The second-order valence-electron chi connectivity index (χ2n) is 2.59. The SMILES string of the molecule is CCC(O)c1cc(F)ccc1F. The summed E-state index contributed by atoms with van der Waals surface area (Å²) in [6.45, 7) is 1.70. The summed E-state index contributed by atoms with van der Waals surface area (Å²) in [7, 11) is 0. The molecular formula is C9H10F2O. The number of rotatable bonds is 2. The van der Waals surface area contributed by atoms with Crippen LogP contribution < -0.4 is 0 Å².